The first-order valence-electron chi connectivity index (χ1n) is 3.40. The molecule has 1 fully saturated rings. The number of aliphatic hydroxyl groups is 1. The monoisotopic (exact) mass is 144 g/mol. The molecule has 1 aliphatic heterocycles. The van der Waals surface area contributed by atoms with Crippen LogP contribution < -0.4 is 0 Å². The Labute approximate surface area is 60.8 Å². The van der Waals surface area contributed by atoms with Gasteiger partial charge in [0.2, 0.25) is 0 Å². The molecule has 4 heteroatoms. The van der Waals surface area contributed by atoms with Crippen LogP contribution in [0.25, 0.3) is 0 Å². The van der Waals surface area contributed by atoms with E-state index in [1.165, 1.54) is 0 Å². The maximum atomic E-state index is 12.6. The van der Waals surface area contributed by atoms with Gasteiger partial charge in [-0.2, -0.15) is 0 Å². The molecule has 1 heterocycles. The summed E-state index contributed by atoms with van der Waals surface area (Å²) in [4.78, 5) is 0. The van der Waals surface area contributed by atoms with Gasteiger partial charge < -0.3 is 9.84 Å². The minimum absolute atomic E-state index is 0.426. The zero-order chi connectivity index (χ0) is 7.72. The van der Waals surface area contributed by atoms with Crippen LogP contribution in [0.4, 0.5) is 4.39 Å². The number of ether oxygens (including phenoxy) is 1. The summed E-state index contributed by atoms with van der Waals surface area (Å²) in [5.74, 6) is 0. The van der Waals surface area contributed by atoms with Crippen molar-refractivity contribution >= 4 is 7.85 Å². The first-order chi connectivity index (χ1) is 4.66. The van der Waals surface area contributed by atoms with Crippen LogP contribution in [-0.2, 0) is 4.74 Å². The largest absolute Gasteiger partial charge is 0.387 e. The van der Waals surface area contributed by atoms with E-state index in [0.717, 1.165) is 0 Å². The highest BCUT2D eigenvalue weighted by Gasteiger charge is 2.39. The van der Waals surface area contributed by atoms with Gasteiger partial charge in [0, 0.05) is 0 Å². The van der Waals surface area contributed by atoms with E-state index in [4.69, 9.17) is 17.7 Å². The zero-order valence-corrected chi connectivity index (χ0v) is 5.83. The van der Waals surface area contributed by atoms with Gasteiger partial charge in [0.05, 0.1) is 12.1 Å². The highest BCUT2D eigenvalue weighted by atomic mass is 19.1. The summed E-state index contributed by atoms with van der Waals surface area (Å²) in [6, 6.07) is -0.944. The second-order valence-electron chi connectivity index (χ2n) is 2.48. The molecule has 0 aliphatic carbocycles. The van der Waals surface area contributed by atoms with Crippen LogP contribution in [0, 0.1) is 0 Å². The summed E-state index contributed by atoms with van der Waals surface area (Å²) in [6.07, 6.45) is -2.30. The van der Waals surface area contributed by atoms with Gasteiger partial charge in [0.1, 0.15) is 20.1 Å². The first kappa shape index (κ1) is 8.02. The highest BCUT2D eigenvalue weighted by molar-refractivity contribution is 6.11. The molecule has 2 nitrogen and oxygen atoms in total. The second-order valence-corrected chi connectivity index (χ2v) is 2.48. The van der Waals surface area contributed by atoms with Crippen LogP contribution in [0.5, 0.6) is 0 Å². The molecule has 0 aromatic heterocycles. The summed E-state index contributed by atoms with van der Waals surface area (Å²) >= 11 is 0. The summed E-state index contributed by atoms with van der Waals surface area (Å²) in [5.41, 5.74) is 0. The minimum Gasteiger partial charge on any atom is -0.387 e. The molecule has 0 aromatic rings. The molecule has 56 valence electrons. The Hall–Kier alpha value is -0.0851. The van der Waals surface area contributed by atoms with Crippen molar-refractivity contribution in [3.8, 4) is 0 Å². The van der Waals surface area contributed by atoms with Crippen molar-refractivity contribution in [3.63, 3.8) is 0 Å². The predicted octanol–water partition coefficient (Wildman–Crippen LogP) is -0.0112. The third-order valence-corrected chi connectivity index (χ3v) is 1.76. The molecule has 1 aliphatic rings. The van der Waals surface area contributed by atoms with Crippen molar-refractivity contribution in [2.45, 2.75) is 37.7 Å². The standard InChI is InChI=1S/C6H10BFO2/c1-2-3-5(9)4(8)6(7)10-3/h3-6,9H,2H2,1H3/t3-,4+,5?,6-/m1/s1. The van der Waals surface area contributed by atoms with Crippen molar-refractivity contribution in [3.05, 3.63) is 0 Å². The number of aliphatic hydroxyl groups excluding tert-OH is 1. The molecule has 1 unspecified atom stereocenters. The van der Waals surface area contributed by atoms with Gasteiger partial charge in [-0.3, -0.25) is 0 Å². The number of hydrogen-bond donors (Lipinski definition) is 1. The summed E-state index contributed by atoms with van der Waals surface area (Å²) in [6.45, 7) is 1.82. The molecule has 0 bridgehead atoms. The van der Waals surface area contributed by atoms with Gasteiger partial charge in [0.25, 0.3) is 0 Å². The average Bonchev–Trinajstić information content (AvgIpc) is 2.17. The number of alkyl halides is 1. The molecule has 1 saturated heterocycles. The van der Waals surface area contributed by atoms with Crippen molar-refractivity contribution in [2.75, 3.05) is 0 Å². The summed E-state index contributed by atoms with van der Waals surface area (Å²) < 4.78 is 17.5. The lowest BCUT2D eigenvalue weighted by molar-refractivity contribution is 0.0283. The van der Waals surface area contributed by atoms with Crippen LogP contribution >= 0.6 is 0 Å². The van der Waals surface area contributed by atoms with Crippen LogP contribution in [-0.4, -0.2) is 37.3 Å². The van der Waals surface area contributed by atoms with Gasteiger partial charge in [0.15, 0.2) is 0 Å². The highest BCUT2D eigenvalue weighted by Crippen LogP contribution is 2.23. The molecule has 10 heavy (non-hydrogen) atoms. The fraction of sp³-hybridized carbons (Fsp3) is 1.00. The van der Waals surface area contributed by atoms with Gasteiger partial charge in [-0.1, -0.05) is 6.92 Å². The van der Waals surface area contributed by atoms with E-state index >= 15 is 0 Å². The third kappa shape index (κ3) is 1.18. The maximum Gasteiger partial charge on any atom is 0.146 e. The van der Waals surface area contributed by atoms with Crippen molar-refractivity contribution in [2.24, 2.45) is 0 Å². The van der Waals surface area contributed by atoms with E-state index in [0.29, 0.717) is 6.42 Å². The van der Waals surface area contributed by atoms with E-state index in [2.05, 4.69) is 0 Å². The Kier molecular flexibility index (Phi) is 2.31. The second kappa shape index (κ2) is 2.88. The number of hydrogen-bond acceptors (Lipinski definition) is 2. The van der Waals surface area contributed by atoms with Crippen molar-refractivity contribution in [1.29, 1.82) is 0 Å². The molecule has 1 rings (SSSR count). The fourth-order valence-corrected chi connectivity index (χ4v) is 1.09. The Balaban J connectivity index is 2.53. The molecule has 0 aromatic carbocycles. The molecule has 0 amide bonds. The SMILES string of the molecule is [B][C@@H]1O[C@H](CC)C(O)[C@@H]1F. The lowest BCUT2D eigenvalue weighted by Crippen LogP contribution is -2.28. The first-order valence-corrected chi connectivity index (χ1v) is 3.40. The average molecular weight is 144 g/mol. The van der Waals surface area contributed by atoms with Crippen LogP contribution in [0.1, 0.15) is 13.3 Å². The predicted molar refractivity (Wildman–Crippen MR) is 35.6 cm³/mol. The van der Waals surface area contributed by atoms with E-state index in [1.807, 2.05) is 6.92 Å². The topological polar surface area (TPSA) is 29.5 Å². The Morgan fingerprint density at radius 3 is 2.50 bits per heavy atom. The van der Waals surface area contributed by atoms with Gasteiger partial charge in [-0.05, 0) is 6.42 Å². The van der Waals surface area contributed by atoms with Gasteiger partial charge in [-0.15, -0.1) is 0 Å². The van der Waals surface area contributed by atoms with E-state index in [-0.39, 0.29) is 0 Å². The number of halogens is 1. The molecule has 0 saturated carbocycles. The molecule has 4 atom stereocenters. The lowest BCUT2D eigenvalue weighted by Gasteiger charge is -2.10. The Morgan fingerprint density at radius 2 is 2.30 bits per heavy atom. The Bertz CT molecular complexity index is 122. The fourth-order valence-electron chi connectivity index (χ4n) is 1.09. The van der Waals surface area contributed by atoms with Crippen molar-refractivity contribution < 1.29 is 14.2 Å². The van der Waals surface area contributed by atoms with Crippen LogP contribution in [0.15, 0.2) is 0 Å². The molecule has 1 N–H and O–H groups in total. The third-order valence-electron chi connectivity index (χ3n) is 1.76. The summed E-state index contributed by atoms with van der Waals surface area (Å²) in [7, 11) is 5.18. The van der Waals surface area contributed by atoms with Crippen molar-refractivity contribution in [1.82, 2.24) is 0 Å². The molecule has 2 radical (unpaired) electrons. The smallest absolute Gasteiger partial charge is 0.146 e. The normalized spacial score (nSPS) is 47.9. The van der Waals surface area contributed by atoms with E-state index in [1.54, 1.807) is 0 Å². The Morgan fingerprint density at radius 1 is 1.70 bits per heavy atom. The molecular weight excluding hydrogens is 134 g/mol. The van der Waals surface area contributed by atoms with Crippen LogP contribution in [0.2, 0.25) is 0 Å². The van der Waals surface area contributed by atoms with Gasteiger partial charge in [-0.25, -0.2) is 4.39 Å². The lowest BCUT2D eigenvalue weighted by atomic mass is 9.94. The van der Waals surface area contributed by atoms with E-state index in [9.17, 15) is 4.39 Å². The maximum absolute atomic E-state index is 12.6. The van der Waals surface area contributed by atoms with Gasteiger partial charge >= 0.3 is 0 Å². The molecule has 0 spiro atoms. The van der Waals surface area contributed by atoms with E-state index < -0.39 is 24.4 Å². The minimum atomic E-state index is -1.43. The van der Waals surface area contributed by atoms with Crippen LogP contribution in [0.3, 0.4) is 0 Å². The summed E-state index contributed by atoms with van der Waals surface area (Å²) in [5, 5.41) is 9.05. The quantitative estimate of drug-likeness (QED) is 0.524. The molecular formula is C6H10BFO2. The zero-order valence-electron chi connectivity index (χ0n) is 5.83. The number of rotatable bonds is 1.